The zero-order chi connectivity index (χ0) is 20.3. The van der Waals surface area contributed by atoms with Crippen LogP contribution in [0, 0.1) is 0 Å². The summed E-state index contributed by atoms with van der Waals surface area (Å²) < 4.78 is 56.2. The molecule has 0 atom stereocenters. The third kappa shape index (κ3) is 4.43. The summed E-state index contributed by atoms with van der Waals surface area (Å²) in [6, 6.07) is 11.7. The molecule has 0 spiro atoms. The van der Waals surface area contributed by atoms with Gasteiger partial charge in [-0.05, 0) is 30.3 Å². The molecule has 0 bridgehead atoms. The van der Waals surface area contributed by atoms with Crippen molar-refractivity contribution in [1.82, 2.24) is 9.21 Å². The number of rotatable bonds is 5. The van der Waals surface area contributed by atoms with Crippen molar-refractivity contribution in [3.63, 3.8) is 0 Å². The number of hydrogen-bond acceptors (Lipinski definition) is 4. The summed E-state index contributed by atoms with van der Waals surface area (Å²) in [6.07, 6.45) is 0. The first-order chi connectivity index (χ1) is 13.3. The van der Waals surface area contributed by atoms with Gasteiger partial charge in [-0.25, -0.2) is 8.42 Å². The van der Waals surface area contributed by atoms with Gasteiger partial charge in [0.15, 0.2) is 0 Å². The molecule has 10 heteroatoms. The van der Waals surface area contributed by atoms with Crippen LogP contribution in [0.4, 0.5) is 8.78 Å². The molecule has 1 aliphatic heterocycles. The van der Waals surface area contributed by atoms with Gasteiger partial charge in [-0.2, -0.15) is 13.1 Å². The van der Waals surface area contributed by atoms with E-state index in [4.69, 9.17) is 11.6 Å². The topological polar surface area (TPSA) is 66.9 Å². The fraction of sp³-hybridized carbons (Fsp3) is 0.278. The highest BCUT2D eigenvalue weighted by molar-refractivity contribution is 7.89. The van der Waals surface area contributed by atoms with E-state index in [9.17, 15) is 22.0 Å². The highest BCUT2D eigenvalue weighted by Gasteiger charge is 2.31. The van der Waals surface area contributed by atoms with Crippen molar-refractivity contribution < 1.29 is 26.7 Å². The molecule has 0 unspecified atom stereocenters. The van der Waals surface area contributed by atoms with Crippen molar-refractivity contribution >= 4 is 27.5 Å². The average molecular weight is 431 g/mol. The van der Waals surface area contributed by atoms with E-state index in [-0.39, 0.29) is 42.4 Å². The van der Waals surface area contributed by atoms with E-state index < -0.39 is 22.5 Å². The Balaban J connectivity index is 1.71. The largest absolute Gasteiger partial charge is 0.434 e. The average Bonchev–Trinajstić information content (AvgIpc) is 2.67. The standard InChI is InChI=1S/C18H17ClF2N2O4S/c19-13-4-3-5-14(12-13)28(25,26)23-10-8-22(9-11-23)17(24)15-6-1-2-7-16(15)27-18(20)21/h1-7,12,18H,8-11H2. The highest BCUT2D eigenvalue weighted by atomic mass is 35.5. The van der Waals surface area contributed by atoms with E-state index >= 15 is 0 Å². The minimum absolute atomic E-state index is 0.00829. The van der Waals surface area contributed by atoms with Gasteiger partial charge in [0, 0.05) is 31.2 Å². The zero-order valence-corrected chi connectivity index (χ0v) is 16.2. The summed E-state index contributed by atoms with van der Waals surface area (Å²) in [6.45, 7) is -2.63. The monoisotopic (exact) mass is 430 g/mol. The van der Waals surface area contributed by atoms with Gasteiger partial charge in [-0.1, -0.05) is 29.8 Å². The Morgan fingerprint density at radius 1 is 1.04 bits per heavy atom. The number of sulfonamides is 1. The molecule has 1 heterocycles. The van der Waals surface area contributed by atoms with E-state index in [0.29, 0.717) is 5.02 Å². The number of para-hydroxylation sites is 1. The second-order valence-corrected chi connectivity index (χ2v) is 8.40. The lowest BCUT2D eigenvalue weighted by Crippen LogP contribution is -2.50. The third-order valence-corrected chi connectivity index (χ3v) is 6.42. The summed E-state index contributed by atoms with van der Waals surface area (Å²) in [4.78, 5) is 14.2. The Hall–Kier alpha value is -2.23. The summed E-state index contributed by atoms with van der Waals surface area (Å²) in [7, 11) is -3.74. The van der Waals surface area contributed by atoms with Gasteiger partial charge in [-0.3, -0.25) is 4.79 Å². The first-order valence-electron chi connectivity index (χ1n) is 8.38. The molecule has 1 aliphatic rings. The first-order valence-corrected chi connectivity index (χ1v) is 10.2. The lowest BCUT2D eigenvalue weighted by Gasteiger charge is -2.34. The van der Waals surface area contributed by atoms with Crippen LogP contribution in [0.2, 0.25) is 5.02 Å². The molecule has 6 nitrogen and oxygen atoms in total. The molecule has 1 fully saturated rings. The van der Waals surface area contributed by atoms with Crippen molar-refractivity contribution in [1.29, 1.82) is 0 Å². The molecule has 0 saturated carbocycles. The summed E-state index contributed by atoms with van der Waals surface area (Å²) >= 11 is 5.87. The molecular weight excluding hydrogens is 414 g/mol. The Morgan fingerprint density at radius 3 is 2.36 bits per heavy atom. The van der Waals surface area contributed by atoms with Gasteiger partial charge in [0.1, 0.15) is 5.75 Å². The van der Waals surface area contributed by atoms with Crippen LogP contribution >= 0.6 is 11.6 Å². The fourth-order valence-electron chi connectivity index (χ4n) is 2.92. The molecule has 1 saturated heterocycles. The number of carbonyl (C=O) groups excluding carboxylic acids is 1. The zero-order valence-electron chi connectivity index (χ0n) is 14.6. The summed E-state index contributed by atoms with van der Waals surface area (Å²) in [5.41, 5.74) is 0.00829. The number of amides is 1. The van der Waals surface area contributed by atoms with Gasteiger partial charge in [-0.15, -0.1) is 0 Å². The van der Waals surface area contributed by atoms with Gasteiger partial charge < -0.3 is 9.64 Å². The fourth-order valence-corrected chi connectivity index (χ4v) is 4.64. The number of halogens is 3. The number of ether oxygens (including phenoxy) is 1. The van der Waals surface area contributed by atoms with Crippen molar-refractivity contribution in [3.8, 4) is 5.75 Å². The molecule has 1 amide bonds. The van der Waals surface area contributed by atoms with Gasteiger partial charge in [0.05, 0.1) is 10.5 Å². The summed E-state index contributed by atoms with van der Waals surface area (Å²) in [5.74, 6) is -0.701. The minimum Gasteiger partial charge on any atom is -0.434 e. The molecular formula is C18H17ClF2N2O4S. The van der Waals surface area contributed by atoms with E-state index in [1.807, 2.05) is 0 Å². The van der Waals surface area contributed by atoms with Crippen LogP contribution in [0.1, 0.15) is 10.4 Å². The second kappa shape index (κ2) is 8.42. The highest BCUT2D eigenvalue weighted by Crippen LogP contribution is 2.24. The van der Waals surface area contributed by atoms with Crippen LogP contribution < -0.4 is 4.74 Å². The molecule has 0 aromatic heterocycles. The Labute approximate surface area is 166 Å². The maximum Gasteiger partial charge on any atom is 0.387 e. The molecule has 28 heavy (non-hydrogen) atoms. The number of nitrogens with zero attached hydrogens (tertiary/aromatic N) is 2. The number of alkyl halides is 2. The second-order valence-electron chi connectivity index (χ2n) is 6.03. The van der Waals surface area contributed by atoms with Gasteiger partial charge in [0.25, 0.3) is 5.91 Å². The SMILES string of the molecule is O=C(c1ccccc1OC(F)F)N1CCN(S(=O)(=O)c2cccc(Cl)c2)CC1. The van der Waals surface area contributed by atoms with Crippen molar-refractivity contribution in [2.45, 2.75) is 11.5 Å². The lowest BCUT2D eigenvalue weighted by molar-refractivity contribution is -0.0503. The van der Waals surface area contributed by atoms with Crippen molar-refractivity contribution in [3.05, 3.63) is 59.1 Å². The number of piperazine rings is 1. The summed E-state index contributed by atoms with van der Waals surface area (Å²) in [5, 5.41) is 0.311. The van der Waals surface area contributed by atoms with Crippen LogP contribution in [0.25, 0.3) is 0 Å². The van der Waals surface area contributed by atoms with Gasteiger partial charge in [0.2, 0.25) is 10.0 Å². The van der Waals surface area contributed by atoms with Crippen LogP contribution in [-0.4, -0.2) is 56.3 Å². The number of carbonyl (C=O) groups is 1. The smallest absolute Gasteiger partial charge is 0.387 e. The predicted molar refractivity (Wildman–Crippen MR) is 99.2 cm³/mol. The van der Waals surface area contributed by atoms with Crippen molar-refractivity contribution in [2.24, 2.45) is 0 Å². The maximum atomic E-state index is 12.7. The van der Waals surface area contributed by atoms with Crippen molar-refractivity contribution in [2.75, 3.05) is 26.2 Å². The molecule has 2 aromatic rings. The molecule has 0 radical (unpaired) electrons. The molecule has 3 rings (SSSR count). The number of benzene rings is 2. The maximum absolute atomic E-state index is 12.7. The van der Waals surface area contributed by atoms with Crippen LogP contribution in [0.3, 0.4) is 0 Å². The number of hydrogen-bond donors (Lipinski definition) is 0. The lowest BCUT2D eigenvalue weighted by atomic mass is 10.1. The normalized spacial score (nSPS) is 15.6. The van der Waals surface area contributed by atoms with E-state index in [0.717, 1.165) is 0 Å². The predicted octanol–water partition coefficient (Wildman–Crippen LogP) is 3.09. The Bertz CT molecular complexity index is 964. The Kier molecular flexibility index (Phi) is 6.17. The molecule has 0 aliphatic carbocycles. The van der Waals surface area contributed by atoms with E-state index in [1.165, 1.54) is 39.5 Å². The van der Waals surface area contributed by atoms with Crippen LogP contribution in [0.15, 0.2) is 53.4 Å². The van der Waals surface area contributed by atoms with E-state index in [2.05, 4.69) is 4.74 Å². The first kappa shape index (κ1) is 20.5. The Morgan fingerprint density at radius 2 is 1.71 bits per heavy atom. The van der Waals surface area contributed by atoms with E-state index in [1.54, 1.807) is 18.2 Å². The molecule has 0 N–H and O–H groups in total. The minimum atomic E-state index is -3.74. The van der Waals surface area contributed by atoms with Crippen LogP contribution in [0.5, 0.6) is 5.75 Å². The van der Waals surface area contributed by atoms with Gasteiger partial charge >= 0.3 is 6.61 Å². The van der Waals surface area contributed by atoms with Crippen LogP contribution in [-0.2, 0) is 10.0 Å². The quantitative estimate of drug-likeness (QED) is 0.731. The third-order valence-electron chi connectivity index (χ3n) is 4.29. The molecule has 2 aromatic carbocycles. The molecule has 150 valence electrons.